The largest absolute Gasteiger partial charge is 0.0616 e. The molecule has 0 nitrogen and oxygen atoms in total. The van der Waals surface area contributed by atoms with Crippen molar-refractivity contribution < 1.29 is 0 Å². The lowest BCUT2D eigenvalue weighted by Crippen LogP contribution is -1.87. The first-order valence-corrected chi connectivity index (χ1v) is 8.80. The van der Waals surface area contributed by atoms with E-state index >= 15 is 0 Å². The van der Waals surface area contributed by atoms with Crippen molar-refractivity contribution in [1.82, 2.24) is 0 Å². The van der Waals surface area contributed by atoms with Crippen LogP contribution in [-0.4, -0.2) is 0 Å². The van der Waals surface area contributed by atoms with Crippen molar-refractivity contribution in [3.05, 3.63) is 95.1 Å². The zero-order valence-electron chi connectivity index (χ0n) is 14.0. The lowest BCUT2D eigenvalue weighted by Gasteiger charge is -2.09. The first-order chi connectivity index (χ1) is 12.3. The van der Waals surface area contributed by atoms with Crippen LogP contribution in [-0.2, 0) is 0 Å². The summed E-state index contributed by atoms with van der Waals surface area (Å²) in [6, 6.07) is 26.5. The number of hydrogen-bond donors (Lipinski definition) is 0. The molecule has 0 bridgehead atoms. The molecule has 0 heterocycles. The average Bonchev–Trinajstić information content (AvgIpc) is 3.18. The summed E-state index contributed by atoms with van der Waals surface area (Å²) in [4.78, 5) is 0. The molecule has 0 atom stereocenters. The number of benzene rings is 4. The van der Waals surface area contributed by atoms with Crippen molar-refractivity contribution in [2.24, 2.45) is 0 Å². The third-order valence-corrected chi connectivity index (χ3v) is 5.77. The van der Waals surface area contributed by atoms with Crippen molar-refractivity contribution in [2.45, 2.75) is 6.92 Å². The van der Waals surface area contributed by atoms with Crippen LogP contribution in [0.4, 0.5) is 0 Å². The van der Waals surface area contributed by atoms with E-state index in [1.54, 1.807) is 0 Å². The van der Waals surface area contributed by atoms with Crippen molar-refractivity contribution >= 4 is 44.3 Å². The molecule has 0 heteroatoms. The Labute approximate surface area is 146 Å². The van der Waals surface area contributed by atoms with Gasteiger partial charge in [-0.1, -0.05) is 72.8 Å². The van der Waals surface area contributed by atoms with Crippen molar-refractivity contribution in [3.8, 4) is 0 Å². The predicted octanol–water partition coefficient (Wildman–Crippen LogP) is 6.79. The summed E-state index contributed by atoms with van der Waals surface area (Å²) >= 11 is 0. The Hall–Kier alpha value is -3.12. The van der Waals surface area contributed by atoms with Crippen LogP contribution in [0.15, 0.2) is 72.8 Å². The quantitative estimate of drug-likeness (QED) is 0.335. The Balaban J connectivity index is 1.73. The van der Waals surface area contributed by atoms with Gasteiger partial charge in [0.1, 0.15) is 0 Å². The fourth-order valence-electron chi connectivity index (χ4n) is 4.67. The maximum atomic E-state index is 2.40. The molecular weight excluding hydrogens is 300 g/mol. The van der Waals surface area contributed by atoms with E-state index in [1.807, 2.05) is 0 Å². The summed E-state index contributed by atoms with van der Waals surface area (Å²) < 4.78 is 0. The van der Waals surface area contributed by atoms with Gasteiger partial charge in [-0.3, -0.25) is 0 Å². The van der Waals surface area contributed by atoms with Gasteiger partial charge in [0, 0.05) is 0 Å². The molecule has 116 valence electrons. The maximum absolute atomic E-state index is 2.40. The minimum Gasteiger partial charge on any atom is -0.0616 e. The Morgan fingerprint density at radius 2 is 1.24 bits per heavy atom. The topological polar surface area (TPSA) is 0 Å². The highest BCUT2D eigenvalue weighted by Gasteiger charge is 2.31. The van der Waals surface area contributed by atoms with Crippen LogP contribution in [0.3, 0.4) is 0 Å². The van der Waals surface area contributed by atoms with Gasteiger partial charge in [-0.25, -0.2) is 0 Å². The van der Waals surface area contributed by atoms with Crippen LogP contribution < -0.4 is 0 Å². The molecule has 25 heavy (non-hydrogen) atoms. The number of hydrogen-bond acceptors (Lipinski definition) is 0. The standard InChI is InChI=1S/C25H16/c1-15-24-19-9-5-3-7-17(19)11-13-21(24)23-14-22-18-8-4-2-6-16(18)10-12-20(22)25(15)23/h2-14H,1H3. The first kappa shape index (κ1) is 13.2. The van der Waals surface area contributed by atoms with Gasteiger partial charge in [0.2, 0.25) is 0 Å². The fraction of sp³-hybridized carbons (Fsp3) is 0.0400. The van der Waals surface area contributed by atoms with Gasteiger partial charge in [-0.15, -0.1) is 0 Å². The highest BCUT2D eigenvalue weighted by Crippen LogP contribution is 2.54. The molecule has 0 fully saturated rings. The van der Waals surface area contributed by atoms with Gasteiger partial charge < -0.3 is 0 Å². The monoisotopic (exact) mass is 316 g/mol. The molecule has 6 rings (SSSR count). The third-order valence-electron chi connectivity index (χ3n) is 5.77. The molecule has 4 aromatic rings. The summed E-state index contributed by atoms with van der Waals surface area (Å²) in [5.41, 5.74) is 9.78. The van der Waals surface area contributed by atoms with Crippen molar-refractivity contribution in [3.63, 3.8) is 0 Å². The SMILES string of the molecule is CC1=C2C(=Cc3c2ccc2ccccc32)c2ccc3ccccc3c21. The normalized spacial score (nSPS) is 14.7. The molecule has 0 amide bonds. The minimum absolute atomic E-state index is 1.31. The molecule has 0 spiro atoms. The van der Waals surface area contributed by atoms with E-state index in [2.05, 4.69) is 85.8 Å². The summed E-state index contributed by atoms with van der Waals surface area (Å²) in [6.07, 6.45) is 2.40. The van der Waals surface area contributed by atoms with Gasteiger partial charge in [-0.2, -0.15) is 0 Å². The Bertz CT molecular complexity index is 1280. The van der Waals surface area contributed by atoms with Crippen LogP contribution in [0, 0.1) is 0 Å². The Kier molecular flexibility index (Phi) is 2.37. The van der Waals surface area contributed by atoms with Gasteiger partial charge in [0.05, 0.1) is 0 Å². The van der Waals surface area contributed by atoms with E-state index in [0.717, 1.165) is 0 Å². The van der Waals surface area contributed by atoms with Crippen LogP contribution in [0.5, 0.6) is 0 Å². The molecule has 0 aliphatic heterocycles. The van der Waals surface area contributed by atoms with Gasteiger partial charge >= 0.3 is 0 Å². The number of rotatable bonds is 0. The van der Waals surface area contributed by atoms with E-state index in [-0.39, 0.29) is 0 Å². The predicted molar refractivity (Wildman–Crippen MR) is 108 cm³/mol. The molecule has 0 N–H and O–H groups in total. The van der Waals surface area contributed by atoms with E-state index in [0.29, 0.717) is 0 Å². The van der Waals surface area contributed by atoms with Crippen LogP contribution >= 0.6 is 0 Å². The van der Waals surface area contributed by atoms with Crippen molar-refractivity contribution in [1.29, 1.82) is 0 Å². The van der Waals surface area contributed by atoms with Crippen molar-refractivity contribution in [2.75, 3.05) is 0 Å². The molecule has 0 unspecified atom stereocenters. The Morgan fingerprint density at radius 3 is 2.04 bits per heavy atom. The lowest BCUT2D eigenvalue weighted by atomic mass is 9.95. The molecule has 0 radical (unpaired) electrons. The molecule has 4 aromatic carbocycles. The van der Waals surface area contributed by atoms with E-state index in [4.69, 9.17) is 0 Å². The molecule has 2 aliphatic rings. The van der Waals surface area contributed by atoms with Gasteiger partial charge in [0.25, 0.3) is 0 Å². The molecule has 0 aromatic heterocycles. The van der Waals surface area contributed by atoms with E-state index in [9.17, 15) is 0 Å². The fourth-order valence-corrected chi connectivity index (χ4v) is 4.67. The van der Waals surface area contributed by atoms with E-state index < -0.39 is 0 Å². The van der Waals surface area contributed by atoms with Crippen LogP contribution in [0.25, 0.3) is 44.3 Å². The second-order valence-corrected chi connectivity index (χ2v) is 7.02. The van der Waals surface area contributed by atoms with E-state index in [1.165, 1.54) is 60.5 Å². The highest BCUT2D eigenvalue weighted by molar-refractivity contribution is 6.32. The molecule has 2 aliphatic carbocycles. The van der Waals surface area contributed by atoms with Crippen LogP contribution in [0.1, 0.15) is 29.2 Å². The number of fused-ring (bicyclic) bond motifs is 9. The second kappa shape index (κ2) is 4.49. The molecule has 0 saturated heterocycles. The van der Waals surface area contributed by atoms with Gasteiger partial charge in [-0.05, 0) is 73.5 Å². The number of allylic oxidation sites excluding steroid dienone is 3. The molecular formula is C25H16. The molecule has 0 saturated carbocycles. The van der Waals surface area contributed by atoms with Crippen LogP contribution in [0.2, 0.25) is 0 Å². The highest BCUT2D eigenvalue weighted by atomic mass is 14.3. The minimum atomic E-state index is 1.31. The summed E-state index contributed by atoms with van der Waals surface area (Å²) in [5.74, 6) is 0. The first-order valence-electron chi connectivity index (χ1n) is 8.80. The average molecular weight is 316 g/mol. The second-order valence-electron chi connectivity index (χ2n) is 7.02. The Morgan fingerprint density at radius 1 is 0.600 bits per heavy atom. The lowest BCUT2D eigenvalue weighted by molar-refractivity contribution is 1.61. The summed E-state index contributed by atoms with van der Waals surface area (Å²) in [6.45, 7) is 2.28. The zero-order valence-corrected chi connectivity index (χ0v) is 14.0. The van der Waals surface area contributed by atoms with Gasteiger partial charge in [0.15, 0.2) is 0 Å². The maximum Gasteiger partial charge on any atom is -0.00630 e. The zero-order chi connectivity index (χ0) is 16.5. The third kappa shape index (κ3) is 1.57. The summed E-state index contributed by atoms with van der Waals surface area (Å²) in [7, 11) is 0. The summed E-state index contributed by atoms with van der Waals surface area (Å²) in [5, 5.41) is 5.35. The smallest absolute Gasteiger partial charge is 0.00630 e.